The maximum atomic E-state index is 14.6. The van der Waals surface area contributed by atoms with Gasteiger partial charge in [-0.05, 0) is 25.1 Å². The largest absolute Gasteiger partial charge is 0.482 e. The Morgan fingerprint density at radius 2 is 2.21 bits per heavy atom. The van der Waals surface area contributed by atoms with Gasteiger partial charge in [-0.3, -0.25) is 9.69 Å². The number of β-amino-alcohol motifs (C(OH)–C–C–N with tert-alkyl or cyclic N) is 1. The van der Waals surface area contributed by atoms with Crippen molar-refractivity contribution in [3.8, 4) is 5.75 Å². The first kappa shape index (κ1) is 15.8. The number of likely N-dealkylation sites (tertiary alicyclic amines) is 1. The van der Waals surface area contributed by atoms with Crippen LogP contribution in [0.25, 0.3) is 0 Å². The second kappa shape index (κ2) is 5.98. The van der Waals surface area contributed by atoms with E-state index >= 15 is 0 Å². The second-order valence-corrected chi connectivity index (χ2v) is 6.91. The molecule has 0 radical (unpaired) electrons. The van der Waals surface area contributed by atoms with E-state index in [1.165, 1.54) is 6.07 Å². The number of hydrogen-bond acceptors (Lipinski definition) is 5. The summed E-state index contributed by atoms with van der Waals surface area (Å²) >= 11 is 0. The molecular formula is C17H22FN3O3. The van der Waals surface area contributed by atoms with E-state index < -0.39 is 6.10 Å². The number of amides is 1. The van der Waals surface area contributed by atoms with Gasteiger partial charge in [-0.2, -0.15) is 0 Å². The van der Waals surface area contributed by atoms with Crippen LogP contribution in [0.5, 0.6) is 5.75 Å². The van der Waals surface area contributed by atoms with Crippen molar-refractivity contribution in [2.45, 2.75) is 18.4 Å². The molecule has 1 aromatic carbocycles. The van der Waals surface area contributed by atoms with E-state index in [2.05, 4.69) is 4.90 Å². The molecule has 0 aliphatic carbocycles. The summed E-state index contributed by atoms with van der Waals surface area (Å²) in [5, 5.41) is 10.0. The van der Waals surface area contributed by atoms with Gasteiger partial charge in [0.15, 0.2) is 6.61 Å². The van der Waals surface area contributed by atoms with E-state index in [9.17, 15) is 14.3 Å². The molecule has 3 heterocycles. The Labute approximate surface area is 140 Å². The second-order valence-electron chi connectivity index (χ2n) is 6.91. The third kappa shape index (κ3) is 2.47. The first-order valence-electron chi connectivity index (χ1n) is 8.44. The lowest BCUT2D eigenvalue weighted by Gasteiger charge is -2.39. The van der Waals surface area contributed by atoms with Crippen LogP contribution in [0.15, 0.2) is 12.1 Å². The van der Waals surface area contributed by atoms with Gasteiger partial charge < -0.3 is 20.5 Å². The molecule has 0 saturated carbocycles. The van der Waals surface area contributed by atoms with E-state index in [1.54, 1.807) is 11.0 Å². The van der Waals surface area contributed by atoms with Crippen molar-refractivity contribution in [3.05, 3.63) is 23.5 Å². The Hall–Kier alpha value is -1.70. The van der Waals surface area contributed by atoms with Gasteiger partial charge >= 0.3 is 0 Å². The smallest absolute Gasteiger partial charge is 0.265 e. The summed E-state index contributed by atoms with van der Waals surface area (Å²) in [5.74, 6) is 0.223. The van der Waals surface area contributed by atoms with Crippen LogP contribution >= 0.6 is 0 Å². The molecule has 3 aliphatic heterocycles. The summed E-state index contributed by atoms with van der Waals surface area (Å²) in [4.78, 5) is 15.9. The minimum atomic E-state index is -0.422. The van der Waals surface area contributed by atoms with Gasteiger partial charge in [0.2, 0.25) is 0 Å². The van der Waals surface area contributed by atoms with Crippen LogP contribution in [0.2, 0.25) is 0 Å². The van der Waals surface area contributed by atoms with Crippen LogP contribution in [0.4, 0.5) is 10.1 Å². The van der Waals surface area contributed by atoms with Gasteiger partial charge in [0, 0.05) is 43.6 Å². The SMILES string of the molecule is NC[C@H]1CN(CC2CCN3C(=O)COc4ccc(F)c2c43)C[C@H]1O. The zero-order valence-corrected chi connectivity index (χ0v) is 13.4. The Kier molecular flexibility index (Phi) is 3.94. The van der Waals surface area contributed by atoms with E-state index in [4.69, 9.17) is 10.5 Å². The van der Waals surface area contributed by atoms with Gasteiger partial charge in [-0.1, -0.05) is 0 Å². The topological polar surface area (TPSA) is 79.0 Å². The van der Waals surface area contributed by atoms with Crippen LogP contribution in [-0.4, -0.2) is 61.3 Å². The van der Waals surface area contributed by atoms with Crippen LogP contribution in [0.1, 0.15) is 17.9 Å². The summed E-state index contributed by atoms with van der Waals surface area (Å²) in [5.41, 5.74) is 6.85. The monoisotopic (exact) mass is 335 g/mol. The number of nitrogens with zero attached hydrogens (tertiary/aromatic N) is 2. The molecule has 1 saturated heterocycles. The minimum Gasteiger partial charge on any atom is -0.482 e. The molecule has 7 heteroatoms. The summed E-state index contributed by atoms with van der Waals surface area (Å²) in [6.45, 7) is 2.99. The summed E-state index contributed by atoms with van der Waals surface area (Å²) < 4.78 is 20.1. The molecule has 130 valence electrons. The van der Waals surface area contributed by atoms with Crippen LogP contribution < -0.4 is 15.4 Å². The van der Waals surface area contributed by atoms with Crippen LogP contribution in [0.3, 0.4) is 0 Å². The standard InChI is InChI=1S/C17H22FN3O3/c18-12-1-2-14-17-16(12)10(3-4-21(17)15(23)9-24-14)6-20-7-11(5-19)13(22)8-20/h1-2,10-11,13,22H,3-9,19H2/t10?,11-,13+/m0/s1. The fraction of sp³-hybridized carbons (Fsp3) is 0.588. The average molecular weight is 335 g/mol. The highest BCUT2D eigenvalue weighted by Crippen LogP contribution is 2.45. The summed E-state index contributed by atoms with van der Waals surface area (Å²) in [6.07, 6.45) is 0.286. The fourth-order valence-corrected chi connectivity index (χ4v) is 4.17. The van der Waals surface area contributed by atoms with E-state index in [1.807, 2.05) is 0 Å². The van der Waals surface area contributed by atoms with Gasteiger partial charge in [0.1, 0.15) is 11.6 Å². The van der Waals surface area contributed by atoms with Crippen LogP contribution in [0, 0.1) is 11.7 Å². The fourth-order valence-electron chi connectivity index (χ4n) is 4.17. The lowest BCUT2D eigenvalue weighted by atomic mass is 9.88. The third-order valence-corrected chi connectivity index (χ3v) is 5.42. The third-order valence-electron chi connectivity index (χ3n) is 5.42. The number of anilines is 1. The average Bonchev–Trinajstić information content (AvgIpc) is 2.93. The molecule has 6 nitrogen and oxygen atoms in total. The van der Waals surface area contributed by atoms with Crippen molar-refractivity contribution in [2.24, 2.45) is 11.7 Å². The number of carbonyl (C=O) groups is 1. The molecule has 0 spiro atoms. The molecule has 4 rings (SSSR count). The summed E-state index contributed by atoms with van der Waals surface area (Å²) in [7, 11) is 0. The van der Waals surface area contributed by atoms with Crippen molar-refractivity contribution in [1.29, 1.82) is 0 Å². The highest BCUT2D eigenvalue weighted by Gasteiger charge is 2.39. The van der Waals surface area contributed by atoms with Crippen molar-refractivity contribution >= 4 is 11.6 Å². The molecule has 3 N–H and O–H groups in total. The molecule has 1 aromatic rings. The predicted molar refractivity (Wildman–Crippen MR) is 86.6 cm³/mol. The highest BCUT2D eigenvalue weighted by atomic mass is 19.1. The molecule has 3 atom stereocenters. The first-order chi connectivity index (χ1) is 11.6. The molecule has 1 amide bonds. The summed E-state index contributed by atoms with van der Waals surface area (Å²) in [6, 6.07) is 3.02. The number of aliphatic hydroxyl groups excluding tert-OH is 1. The number of benzene rings is 1. The maximum absolute atomic E-state index is 14.6. The Balaban J connectivity index is 1.63. The number of aliphatic hydroxyl groups is 1. The predicted octanol–water partition coefficient (Wildman–Crippen LogP) is 0.290. The van der Waals surface area contributed by atoms with Gasteiger partial charge in [0.05, 0.1) is 11.8 Å². The van der Waals surface area contributed by atoms with E-state index in [-0.39, 0.29) is 30.2 Å². The highest BCUT2D eigenvalue weighted by molar-refractivity contribution is 5.99. The lowest BCUT2D eigenvalue weighted by molar-refractivity contribution is -0.121. The van der Waals surface area contributed by atoms with Gasteiger partial charge in [0.25, 0.3) is 5.91 Å². The van der Waals surface area contributed by atoms with Gasteiger partial charge in [-0.25, -0.2) is 4.39 Å². The maximum Gasteiger partial charge on any atom is 0.265 e. The molecule has 0 bridgehead atoms. The van der Waals surface area contributed by atoms with Gasteiger partial charge in [-0.15, -0.1) is 0 Å². The number of hydrogen-bond donors (Lipinski definition) is 2. The number of rotatable bonds is 3. The van der Waals surface area contributed by atoms with E-state index in [0.717, 1.165) is 6.54 Å². The number of nitrogens with two attached hydrogens (primary N) is 1. The number of carbonyl (C=O) groups excluding carboxylic acids is 1. The molecule has 0 aromatic heterocycles. The molecule has 24 heavy (non-hydrogen) atoms. The molecule has 1 fully saturated rings. The molecule has 1 unspecified atom stereocenters. The van der Waals surface area contributed by atoms with Crippen molar-refractivity contribution < 1.29 is 19.0 Å². The quantitative estimate of drug-likeness (QED) is 0.830. The zero-order valence-electron chi connectivity index (χ0n) is 13.4. The normalized spacial score (nSPS) is 29.5. The van der Waals surface area contributed by atoms with E-state index in [0.29, 0.717) is 49.6 Å². The Bertz CT molecular complexity index is 669. The number of ether oxygens (including phenoxy) is 1. The zero-order chi connectivity index (χ0) is 16.8. The van der Waals surface area contributed by atoms with Crippen molar-refractivity contribution in [1.82, 2.24) is 4.90 Å². The Morgan fingerprint density at radius 3 is 2.96 bits per heavy atom. The van der Waals surface area contributed by atoms with Crippen molar-refractivity contribution in [2.75, 3.05) is 44.2 Å². The molecule has 3 aliphatic rings. The lowest BCUT2D eigenvalue weighted by Crippen LogP contribution is -2.44. The first-order valence-corrected chi connectivity index (χ1v) is 8.44. The van der Waals surface area contributed by atoms with Crippen LogP contribution in [-0.2, 0) is 4.79 Å². The molecular weight excluding hydrogens is 313 g/mol. The Morgan fingerprint density at radius 1 is 1.38 bits per heavy atom. The number of halogens is 1. The minimum absolute atomic E-state index is 0.0131. The van der Waals surface area contributed by atoms with Crippen molar-refractivity contribution in [3.63, 3.8) is 0 Å².